The van der Waals surface area contributed by atoms with Crippen LogP contribution in [0.5, 0.6) is 11.5 Å². The zero-order chi connectivity index (χ0) is 20.6. The summed E-state index contributed by atoms with van der Waals surface area (Å²) in [5.74, 6) is -1.79. The zero-order valence-electron chi connectivity index (χ0n) is 15.7. The number of carboxylic acids is 1. The Kier molecular flexibility index (Phi) is 5.16. The number of carbonyl (C=O) groups excluding carboxylic acids is 1. The van der Waals surface area contributed by atoms with E-state index in [2.05, 4.69) is 0 Å². The minimum absolute atomic E-state index is 0.103. The Morgan fingerprint density at radius 1 is 1.21 bits per heavy atom. The average molecular weight is 404 g/mol. The lowest BCUT2D eigenvalue weighted by atomic mass is 9.90. The van der Waals surface area contributed by atoms with Gasteiger partial charge in [-0.05, 0) is 42.8 Å². The van der Waals surface area contributed by atoms with E-state index in [1.807, 2.05) is 0 Å². The number of hydrogen-bond donors (Lipinski definition) is 1. The minimum Gasteiger partial charge on any atom is -0.496 e. The summed E-state index contributed by atoms with van der Waals surface area (Å²) in [7, 11) is -2.01. The Balaban J connectivity index is 2.17. The molecule has 1 aliphatic rings. The van der Waals surface area contributed by atoms with Crippen molar-refractivity contribution in [3.05, 3.63) is 52.6 Å². The van der Waals surface area contributed by atoms with E-state index in [0.29, 0.717) is 24.3 Å². The molecule has 0 fully saturated rings. The monoisotopic (exact) mass is 404 g/mol. The molecule has 2 aromatic rings. The molecule has 8 heteroatoms. The third-order valence-corrected chi connectivity index (χ3v) is 5.90. The first-order valence-electron chi connectivity index (χ1n) is 8.59. The fourth-order valence-corrected chi connectivity index (χ4v) is 3.85. The average Bonchev–Trinajstić information content (AvgIpc) is 3.12. The lowest BCUT2D eigenvalue weighted by Gasteiger charge is -2.19. The van der Waals surface area contributed by atoms with Crippen LogP contribution in [-0.2, 0) is 21.1 Å². The van der Waals surface area contributed by atoms with Crippen LogP contribution in [0.1, 0.15) is 39.9 Å². The van der Waals surface area contributed by atoms with Gasteiger partial charge in [0.2, 0.25) is 5.78 Å². The van der Waals surface area contributed by atoms with Crippen molar-refractivity contribution >= 4 is 21.6 Å². The molecule has 0 bridgehead atoms. The van der Waals surface area contributed by atoms with Crippen LogP contribution in [0.2, 0.25) is 0 Å². The quantitative estimate of drug-likeness (QED) is 0.737. The van der Waals surface area contributed by atoms with Gasteiger partial charge in [0.05, 0.1) is 24.5 Å². The number of sulfone groups is 1. The second kappa shape index (κ2) is 7.27. The lowest BCUT2D eigenvalue weighted by Crippen LogP contribution is -2.13. The third kappa shape index (κ3) is 3.47. The summed E-state index contributed by atoms with van der Waals surface area (Å²) in [5.41, 5.74) is 1.56. The van der Waals surface area contributed by atoms with Gasteiger partial charge in [-0.3, -0.25) is 9.59 Å². The number of ketones is 1. The van der Waals surface area contributed by atoms with Crippen molar-refractivity contribution in [3.63, 3.8) is 0 Å². The van der Waals surface area contributed by atoms with E-state index >= 15 is 0 Å². The number of carbonyl (C=O) groups is 2. The lowest BCUT2D eigenvalue weighted by molar-refractivity contribution is -0.138. The van der Waals surface area contributed by atoms with Gasteiger partial charge in [0, 0.05) is 23.8 Å². The van der Waals surface area contributed by atoms with Crippen LogP contribution in [0.25, 0.3) is 0 Å². The first kappa shape index (κ1) is 19.9. The van der Waals surface area contributed by atoms with Gasteiger partial charge < -0.3 is 14.6 Å². The van der Waals surface area contributed by atoms with E-state index < -0.39 is 27.5 Å². The molecular weight excluding hydrogens is 384 g/mol. The second-order valence-corrected chi connectivity index (χ2v) is 8.66. The molecule has 28 heavy (non-hydrogen) atoms. The van der Waals surface area contributed by atoms with E-state index in [1.54, 1.807) is 6.07 Å². The molecular formula is C20H20O7S. The molecule has 0 amide bonds. The fourth-order valence-electron chi connectivity index (χ4n) is 3.22. The van der Waals surface area contributed by atoms with Crippen LogP contribution < -0.4 is 9.47 Å². The topological polar surface area (TPSA) is 107 Å². The van der Waals surface area contributed by atoms with E-state index in [-0.39, 0.29) is 21.8 Å². The number of aliphatic carboxylic acids is 1. The SMILES string of the molecule is COc1c(C(C)C(=O)O)cc2c(c1C(=O)c1ccc(S(C)(=O)=O)cc1)OCC2. The highest BCUT2D eigenvalue weighted by Crippen LogP contribution is 2.42. The molecule has 1 unspecified atom stereocenters. The van der Waals surface area contributed by atoms with Gasteiger partial charge in [0.15, 0.2) is 9.84 Å². The van der Waals surface area contributed by atoms with Crippen molar-refractivity contribution < 1.29 is 32.6 Å². The van der Waals surface area contributed by atoms with Gasteiger partial charge in [-0.1, -0.05) is 0 Å². The van der Waals surface area contributed by atoms with Crippen molar-refractivity contribution in [3.8, 4) is 11.5 Å². The summed E-state index contributed by atoms with van der Waals surface area (Å²) >= 11 is 0. The van der Waals surface area contributed by atoms with E-state index in [0.717, 1.165) is 11.8 Å². The normalized spacial score (nSPS) is 14.1. The smallest absolute Gasteiger partial charge is 0.310 e. The van der Waals surface area contributed by atoms with Gasteiger partial charge in [-0.2, -0.15) is 0 Å². The molecule has 0 spiro atoms. The molecule has 3 rings (SSSR count). The molecule has 1 aliphatic heterocycles. The largest absolute Gasteiger partial charge is 0.496 e. The van der Waals surface area contributed by atoms with E-state index in [1.165, 1.54) is 38.3 Å². The molecule has 1 atom stereocenters. The predicted molar refractivity (Wildman–Crippen MR) is 101 cm³/mol. The fraction of sp³-hybridized carbons (Fsp3) is 0.300. The molecule has 148 valence electrons. The molecule has 0 radical (unpaired) electrons. The van der Waals surface area contributed by atoms with Gasteiger partial charge >= 0.3 is 5.97 Å². The summed E-state index contributed by atoms with van der Waals surface area (Å²) in [4.78, 5) is 24.9. The van der Waals surface area contributed by atoms with Crippen molar-refractivity contribution in [1.29, 1.82) is 0 Å². The van der Waals surface area contributed by atoms with Crippen LogP contribution in [0, 0.1) is 0 Å². The highest BCUT2D eigenvalue weighted by atomic mass is 32.2. The molecule has 0 aromatic heterocycles. The number of benzene rings is 2. The zero-order valence-corrected chi connectivity index (χ0v) is 16.5. The van der Waals surface area contributed by atoms with Gasteiger partial charge in [-0.25, -0.2) is 8.42 Å². The maximum atomic E-state index is 13.2. The van der Waals surface area contributed by atoms with Crippen molar-refractivity contribution in [2.45, 2.75) is 24.2 Å². The summed E-state index contributed by atoms with van der Waals surface area (Å²) in [6.45, 7) is 1.91. The highest BCUT2D eigenvalue weighted by molar-refractivity contribution is 7.90. The summed E-state index contributed by atoms with van der Waals surface area (Å²) in [6, 6.07) is 7.28. The Morgan fingerprint density at radius 3 is 2.39 bits per heavy atom. The summed E-state index contributed by atoms with van der Waals surface area (Å²) in [5, 5.41) is 9.43. The van der Waals surface area contributed by atoms with Crippen LogP contribution in [-0.4, -0.2) is 45.2 Å². The third-order valence-electron chi connectivity index (χ3n) is 4.77. The minimum atomic E-state index is -3.39. The Bertz CT molecular complexity index is 1050. The van der Waals surface area contributed by atoms with Crippen molar-refractivity contribution in [2.75, 3.05) is 20.0 Å². The molecule has 0 aliphatic carbocycles. The van der Waals surface area contributed by atoms with Crippen LogP contribution in [0.4, 0.5) is 0 Å². The summed E-state index contributed by atoms with van der Waals surface area (Å²) in [6.07, 6.45) is 1.65. The predicted octanol–water partition coefficient (Wildman–Crippen LogP) is 2.45. The first-order valence-corrected chi connectivity index (χ1v) is 10.5. The number of hydrogen-bond acceptors (Lipinski definition) is 6. The molecule has 1 heterocycles. The molecule has 7 nitrogen and oxygen atoms in total. The molecule has 1 N–H and O–H groups in total. The van der Waals surface area contributed by atoms with Crippen molar-refractivity contribution in [1.82, 2.24) is 0 Å². The van der Waals surface area contributed by atoms with E-state index in [4.69, 9.17) is 9.47 Å². The van der Waals surface area contributed by atoms with Crippen molar-refractivity contribution in [2.24, 2.45) is 0 Å². The Hall–Kier alpha value is -2.87. The maximum absolute atomic E-state index is 13.2. The van der Waals surface area contributed by atoms with E-state index in [9.17, 15) is 23.1 Å². The number of carboxylic acid groups (broad SMARTS) is 1. The number of fused-ring (bicyclic) bond motifs is 1. The van der Waals surface area contributed by atoms with Crippen LogP contribution >= 0.6 is 0 Å². The Morgan fingerprint density at radius 2 is 1.86 bits per heavy atom. The molecule has 0 saturated heterocycles. The van der Waals surface area contributed by atoms with Gasteiger partial charge in [0.25, 0.3) is 0 Å². The van der Waals surface area contributed by atoms with Crippen LogP contribution in [0.15, 0.2) is 35.2 Å². The molecule has 0 saturated carbocycles. The Labute approximate surface area is 162 Å². The number of methoxy groups -OCH3 is 1. The summed E-state index contributed by atoms with van der Waals surface area (Å²) < 4.78 is 34.4. The van der Waals surface area contributed by atoms with Crippen LogP contribution in [0.3, 0.4) is 0 Å². The molecule has 2 aromatic carbocycles. The standard InChI is InChI=1S/C20H20O7S/c1-11(20(22)23)15-10-13-8-9-27-18(13)16(19(15)26-2)17(21)12-4-6-14(7-5-12)28(3,24)25/h4-7,10-11H,8-9H2,1-3H3,(H,22,23). The number of ether oxygens (including phenoxy) is 2. The highest BCUT2D eigenvalue weighted by Gasteiger charge is 2.32. The van der Waals surface area contributed by atoms with Gasteiger partial charge in [-0.15, -0.1) is 0 Å². The maximum Gasteiger partial charge on any atom is 0.310 e. The van der Waals surface area contributed by atoms with Gasteiger partial charge in [0.1, 0.15) is 17.1 Å². The first-order chi connectivity index (χ1) is 13.1. The second-order valence-electron chi connectivity index (χ2n) is 6.65. The number of rotatable bonds is 6.